The van der Waals surface area contributed by atoms with Gasteiger partial charge in [-0.3, -0.25) is 9.69 Å². The van der Waals surface area contributed by atoms with Crippen LogP contribution in [0.3, 0.4) is 0 Å². The van der Waals surface area contributed by atoms with E-state index in [9.17, 15) is 4.79 Å². The van der Waals surface area contributed by atoms with Gasteiger partial charge in [-0.25, -0.2) is 0 Å². The second-order valence-electron chi connectivity index (χ2n) is 4.12. The van der Waals surface area contributed by atoms with E-state index in [4.69, 9.17) is 5.11 Å². The molecule has 0 aliphatic heterocycles. The van der Waals surface area contributed by atoms with Crippen molar-refractivity contribution in [3.63, 3.8) is 0 Å². The normalized spacial score (nSPS) is 17.7. The van der Waals surface area contributed by atoms with E-state index in [0.717, 1.165) is 23.2 Å². The monoisotopic (exact) mass is 303 g/mol. The van der Waals surface area contributed by atoms with E-state index in [-0.39, 0.29) is 0 Å². The van der Waals surface area contributed by atoms with E-state index in [1.165, 1.54) is 4.88 Å². The number of rotatable bonds is 5. The van der Waals surface area contributed by atoms with Crippen LogP contribution in [0, 0.1) is 0 Å². The molecular weight excluding hydrogens is 290 g/mol. The second kappa shape index (κ2) is 4.85. The number of halogens is 1. The smallest absolute Gasteiger partial charge is 0.320 e. The van der Waals surface area contributed by atoms with Crippen molar-refractivity contribution < 1.29 is 9.90 Å². The highest BCUT2D eigenvalue weighted by atomic mass is 79.9. The average Bonchev–Trinajstić information content (AvgIpc) is 2.98. The Morgan fingerprint density at radius 2 is 2.38 bits per heavy atom. The molecule has 1 unspecified atom stereocenters. The SMILES string of the molecule is CC(C(=O)O)N(Cc1ccc(Br)s1)C1CC1. The molecule has 0 radical (unpaired) electrons. The number of hydrogen-bond donors (Lipinski definition) is 1. The average molecular weight is 304 g/mol. The lowest BCUT2D eigenvalue weighted by molar-refractivity contribution is -0.143. The number of carbonyl (C=O) groups is 1. The first-order valence-electron chi connectivity index (χ1n) is 5.30. The summed E-state index contributed by atoms with van der Waals surface area (Å²) in [6.45, 7) is 2.51. The van der Waals surface area contributed by atoms with Gasteiger partial charge >= 0.3 is 5.97 Å². The Bertz CT molecular complexity index is 389. The fourth-order valence-electron chi connectivity index (χ4n) is 1.75. The van der Waals surface area contributed by atoms with Crippen LogP contribution < -0.4 is 0 Å². The third-order valence-electron chi connectivity index (χ3n) is 2.84. The molecule has 0 spiro atoms. The van der Waals surface area contributed by atoms with Crippen LogP contribution in [0.4, 0.5) is 0 Å². The van der Waals surface area contributed by atoms with Gasteiger partial charge in [0.2, 0.25) is 0 Å². The van der Waals surface area contributed by atoms with E-state index in [2.05, 4.69) is 26.9 Å². The molecule has 2 rings (SSSR count). The largest absolute Gasteiger partial charge is 0.480 e. The molecule has 1 saturated carbocycles. The minimum Gasteiger partial charge on any atom is -0.480 e. The number of aliphatic carboxylic acids is 1. The summed E-state index contributed by atoms with van der Waals surface area (Å²) in [5.41, 5.74) is 0. The summed E-state index contributed by atoms with van der Waals surface area (Å²) in [6.07, 6.45) is 2.26. The molecule has 0 bridgehead atoms. The molecule has 0 saturated heterocycles. The summed E-state index contributed by atoms with van der Waals surface area (Å²) in [5, 5.41) is 9.06. The van der Waals surface area contributed by atoms with Crippen molar-refractivity contribution in [2.45, 2.75) is 38.4 Å². The van der Waals surface area contributed by atoms with Gasteiger partial charge in [-0.05, 0) is 47.8 Å². The molecule has 3 nitrogen and oxygen atoms in total. The quantitative estimate of drug-likeness (QED) is 0.909. The summed E-state index contributed by atoms with van der Waals surface area (Å²) in [5.74, 6) is -0.734. The Balaban J connectivity index is 2.05. The van der Waals surface area contributed by atoms with E-state index < -0.39 is 12.0 Å². The Morgan fingerprint density at radius 1 is 1.69 bits per heavy atom. The predicted octanol–water partition coefficient (Wildman–Crippen LogP) is 2.95. The Labute approximate surface area is 107 Å². The van der Waals surface area contributed by atoms with Gasteiger partial charge in [-0.2, -0.15) is 0 Å². The minimum absolute atomic E-state index is 0.395. The van der Waals surface area contributed by atoms with Gasteiger partial charge < -0.3 is 5.11 Å². The van der Waals surface area contributed by atoms with Crippen LogP contribution in [0.25, 0.3) is 0 Å². The molecule has 1 aliphatic rings. The molecular formula is C11H14BrNO2S. The van der Waals surface area contributed by atoms with E-state index >= 15 is 0 Å². The highest BCUT2D eigenvalue weighted by molar-refractivity contribution is 9.11. The van der Waals surface area contributed by atoms with Crippen LogP contribution in [0.5, 0.6) is 0 Å². The summed E-state index contributed by atoms with van der Waals surface area (Å²) in [6, 6.07) is 4.13. The summed E-state index contributed by atoms with van der Waals surface area (Å²) >= 11 is 5.10. The van der Waals surface area contributed by atoms with Crippen LogP contribution in [0.15, 0.2) is 15.9 Å². The maximum Gasteiger partial charge on any atom is 0.320 e. The molecule has 16 heavy (non-hydrogen) atoms. The first kappa shape index (κ1) is 12.1. The topological polar surface area (TPSA) is 40.5 Å². The van der Waals surface area contributed by atoms with Crippen molar-refractivity contribution in [3.8, 4) is 0 Å². The van der Waals surface area contributed by atoms with Gasteiger partial charge in [0.15, 0.2) is 0 Å². The molecule has 1 atom stereocenters. The lowest BCUT2D eigenvalue weighted by Crippen LogP contribution is -2.39. The zero-order valence-electron chi connectivity index (χ0n) is 9.02. The molecule has 1 aromatic heterocycles. The molecule has 1 N–H and O–H groups in total. The maximum absolute atomic E-state index is 11.0. The summed E-state index contributed by atoms with van der Waals surface area (Å²) < 4.78 is 1.10. The zero-order chi connectivity index (χ0) is 11.7. The van der Waals surface area contributed by atoms with Crippen LogP contribution in [0.1, 0.15) is 24.6 Å². The zero-order valence-corrected chi connectivity index (χ0v) is 11.4. The third-order valence-corrected chi connectivity index (χ3v) is 4.45. The third kappa shape index (κ3) is 2.84. The van der Waals surface area contributed by atoms with Crippen LogP contribution in [-0.2, 0) is 11.3 Å². The number of nitrogens with zero attached hydrogens (tertiary/aromatic N) is 1. The van der Waals surface area contributed by atoms with Gasteiger partial charge in [-0.1, -0.05) is 0 Å². The molecule has 0 amide bonds. The number of thiophene rings is 1. The standard InChI is InChI=1S/C11H14BrNO2S/c1-7(11(14)15)13(8-2-3-8)6-9-4-5-10(12)16-9/h4-5,7-8H,2-3,6H2,1H3,(H,14,15). The Hall–Kier alpha value is -0.390. The molecule has 88 valence electrons. The fraction of sp³-hybridized carbons (Fsp3) is 0.545. The van der Waals surface area contributed by atoms with Gasteiger partial charge in [0, 0.05) is 17.5 Å². The first-order valence-corrected chi connectivity index (χ1v) is 6.91. The molecule has 1 fully saturated rings. The molecule has 1 aliphatic carbocycles. The predicted molar refractivity (Wildman–Crippen MR) is 67.7 cm³/mol. The van der Waals surface area contributed by atoms with Crippen LogP contribution in [0.2, 0.25) is 0 Å². The molecule has 5 heteroatoms. The van der Waals surface area contributed by atoms with Gasteiger partial charge in [0.05, 0.1) is 3.79 Å². The van der Waals surface area contributed by atoms with Crippen molar-refractivity contribution >= 4 is 33.2 Å². The molecule has 1 heterocycles. The van der Waals surface area contributed by atoms with Crippen molar-refractivity contribution in [1.29, 1.82) is 0 Å². The van der Waals surface area contributed by atoms with Crippen LogP contribution in [-0.4, -0.2) is 28.1 Å². The van der Waals surface area contributed by atoms with E-state index in [0.29, 0.717) is 6.04 Å². The van der Waals surface area contributed by atoms with Gasteiger partial charge in [-0.15, -0.1) is 11.3 Å². The van der Waals surface area contributed by atoms with Crippen molar-refractivity contribution in [2.75, 3.05) is 0 Å². The minimum atomic E-state index is -0.734. The Kier molecular flexibility index (Phi) is 3.66. The summed E-state index contributed by atoms with van der Waals surface area (Å²) in [4.78, 5) is 14.3. The first-order chi connectivity index (χ1) is 7.58. The van der Waals surface area contributed by atoms with Crippen molar-refractivity contribution in [3.05, 3.63) is 20.8 Å². The van der Waals surface area contributed by atoms with Gasteiger partial charge in [0.1, 0.15) is 6.04 Å². The second-order valence-corrected chi connectivity index (χ2v) is 6.67. The number of hydrogen-bond acceptors (Lipinski definition) is 3. The lowest BCUT2D eigenvalue weighted by atomic mass is 10.2. The molecule has 1 aromatic rings. The highest BCUT2D eigenvalue weighted by Crippen LogP contribution is 2.32. The Morgan fingerprint density at radius 3 is 2.81 bits per heavy atom. The summed E-state index contributed by atoms with van der Waals surface area (Å²) in [7, 11) is 0. The van der Waals surface area contributed by atoms with Crippen molar-refractivity contribution in [2.24, 2.45) is 0 Å². The van der Waals surface area contributed by atoms with Crippen molar-refractivity contribution in [1.82, 2.24) is 4.90 Å². The van der Waals surface area contributed by atoms with Crippen LogP contribution >= 0.6 is 27.3 Å². The highest BCUT2D eigenvalue weighted by Gasteiger charge is 2.35. The fourth-order valence-corrected chi connectivity index (χ4v) is 3.24. The maximum atomic E-state index is 11.0. The molecule has 0 aromatic carbocycles. The number of carboxylic acids is 1. The van der Waals surface area contributed by atoms with E-state index in [1.807, 2.05) is 6.07 Å². The lowest BCUT2D eigenvalue weighted by Gasteiger charge is -2.25. The van der Waals surface area contributed by atoms with E-state index in [1.54, 1.807) is 18.3 Å². The van der Waals surface area contributed by atoms with Gasteiger partial charge in [0.25, 0.3) is 0 Å². The number of carboxylic acid groups (broad SMARTS) is 1.